The summed E-state index contributed by atoms with van der Waals surface area (Å²) >= 11 is 0. The molecule has 1 saturated heterocycles. The number of aromatic hydroxyl groups is 1. The Morgan fingerprint density at radius 2 is 2.17 bits per heavy atom. The van der Waals surface area contributed by atoms with Crippen LogP contribution in [-0.2, 0) is 4.79 Å². The van der Waals surface area contributed by atoms with Crippen LogP contribution in [-0.4, -0.2) is 28.6 Å². The van der Waals surface area contributed by atoms with E-state index in [4.69, 9.17) is 5.11 Å². The van der Waals surface area contributed by atoms with Crippen molar-refractivity contribution in [2.24, 2.45) is 5.92 Å². The van der Waals surface area contributed by atoms with Gasteiger partial charge in [0.1, 0.15) is 5.75 Å². The second-order valence-electron chi connectivity index (χ2n) is 4.25. The van der Waals surface area contributed by atoms with E-state index in [0.29, 0.717) is 18.7 Å². The molecule has 18 heavy (non-hydrogen) atoms. The predicted molar refractivity (Wildman–Crippen MR) is 65.7 cm³/mol. The molecule has 2 N–H and O–H groups in total. The minimum absolute atomic E-state index is 0.0418. The molecule has 1 amide bonds. The summed E-state index contributed by atoms with van der Waals surface area (Å²) in [7, 11) is 0. The highest BCUT2D eigenvalue weighted by molar-refractivity contribution is 5.98. The largest absolute Gasteiger partial charge is 0.508 e. The zero-order valence-corrected chi connectivity index (χ0v) is 9.67. The fraction of sp³-hybridized carbons (Fsp3) is 0.231. The van der Waals surface area contributed by atoms with Crippen molar-refractivity contribution in [3.05, 3.63) is 36.4 Å². The first kappa shape index (κ1) is 12.2. The Bertz CT molecular complexity index is 524. The van der Waals surface area contributed by atoms with Crippen LogP contribution in [0.1, 0.15) is 16.8 Å². The third kappa shape index (κ3) is 2.20. The molecule has 1 unspecified atom stereocenters. The van der Waals surface area contributed by atoms with Gasteiger partial charge in [0, 0.05) is 30.6 Å². The molecule has 0 spiro atoms. The number of aromatic carboxylic acids is 1. The molecular formula is C13H13NO4. The van der Waals surface area contributed by atoms with E-state index < -0.39 is 5.97 Å². The van der Waals surface area contributed by atoms with Gasteiger partial charge in [-0.05, 0) is 12.1 Å². The lowest BCUT2D eigenvalue weighted by Gasteiger charge is -2.17. The van der Waals surface area contributed by atoms with E-state index >= 15 is 0 Å². The van der Waals surface area contributed by atoms with Crippen molar-refractivity contribution in [3.8, 4) is 5.75 Å². The van der Waals surface area contributed by atoms with Crippen molar-refractivity contribution >= 4 is 17.6 Å². The zero-order valence-electron chi connectivity index (χ0n) is 9.67. The molecule has 0 aliphatic carbocycles. The van der Waals surface area contributed by atoms with Gasteiger partial charge in [-0.15, -0.1) is 6.58 Å². The molecule has 0 aromatic heterocycles. The Hall–Kier alpha value is -2.30. The average Bonchev–Trinajstić information content (AvgIpc) is 2.69. The molecule has 1 aliphatic heterocycles. The second kappa shape index (κ2) is 4.52. The standard InChI is InChI=1S/C13H13NO4/c1-2-8-3-12(16)14(7-8)10-4-9(13(17)18)5-11(15)6-10/h2,4-6,8,15H,1,3,7H2,(H,17,18). The molecule has 94 valence electrons. The Labute approximate surface area is 104 Å². The molecule has 1 aromatic carbocycles. The fourth-order valence-electron chi connectivity index (χ4n) is 2.02. The highest BCUT2D eigenvalue weighted by Gasteiger charge is 2.29. The first-order valence-corrected chi connectivity index (χ1v) is 5.51. The number of carbonyl (C=O) groups is 2. The lowest BCUT2D eigenvalue weighted by atomic mass is 10.1. The lowest BCUT2D eigenvalue weighted by molar-refractivity contribution is -0.117. The van der Waals surface area contributed by atoms with Gasteiger partial charge >= 0.3 is 5.97 Å². The molecule has 1 atom stereocenters. The molecule has 1 aromatic rings. The van der Waals surface area contributed by atoms with Crippen LogP contribution in [0.25, 0.3) is 0 Å². The van der Waals surface area contributed by atoms with Gasteiger partial charge in [0.05, 0.1) is 5.56 Å². The summed E-state index contributed by atoms with van der Waals surface area (Å²) in [5.74, 6) is -1.34. The van der Waals surface area contributed by atoms with Crippen LogP contribution in [0.15, 0.2) is 30.9 Å². The first-order chi connectivity index (χ1) is 8.51. The Morgan fingerprint density at radius 3 is 2.72 bits per heavy atom. The van der Waals surface area contributed by atoms with Crippen LogP contribution in [0.2, 0.25) is 0 Å². The van der Waals surface area contributed by atoms with Crippen molar-refractivity contribution in [1.29, 1.82) is 0 Å². The molecule has 1 heterocycles. The van der Waals surface area contributed by atoms with E-state index in [1.165, 1.54) is 17.0 Å². The molecule has 0 saturated carbocycles. The van der Waals surface area contributed by atoms with Gasteiger partial charge < -0.3 is 15.1 Å². The van der Waals surface area contributed by atoms with E-state index in [0.717, 1.165) is 6.07 Å². The van der Waals surface area contributed by atoms with E-state index in [2.05, 4.69) is 6.58 Å². The number of carbonyl (C=O) groups excluding carboxylic acids is 1. The summed E-state index contributed by atoms with van der Waals surface area (Å²) < 4.78 is 0. The van der Waals surface area contributed by atoms with Gasteiger partial charge in [0.25, 0.3) is 0 Å². The number of anilines is 1. The zero-order chi connectivity index (χ0) is 13.3. The number of nitrogens with zero attached hydrogens (tertiary/aromatic N) is 1. The maximum absolute atomic E-state index is 11.8. The van der Waals surface area contributed by atoms with Crippen LogP contribution in [0.4, 0.5) is 5.69 Å². The number of amides is 1. The second-order valence-corrected chi connectivity index (χ2v) is 4.25. The summed E-state index contributed by atoms with van der Waals surface area (Å²) in [6.07, 6.45) is 2.07. The fourth-order valence-corrected chi connectivity index (χ4v) is 2.02. The van der Waals surface area contributed by atoms with Gasteiger partial charge in [0.15, 0.2) is 0 Å². The monoisotopic (exact) mass is 247 g/mol. The van der Waals surface area contributed by atoms with Gasteiger partial charge in [0.2, 0.25) is 5.91 Å². The maximum atomic E-state index is 11.8. The quantitative estimate of drug-likeness (QED) is 0.796. The number of hydrogen-bond donors (Lipinski definition) is 2. The van der Waals surface area contributed by atoms with Crippen molar-refractivity contribution in [2.75, 3.05) is 11.4 Å². The Kier molecular flexibility index (Phi) is 3.06. The number of phenolic OH excluding ortho intramolecular Hbond substituents is 1. The summed E-state index contributed by atoms with van der Waals surface area (Å²) in [4.78, 5) is 24.1. The van der Waals surface area contributed by atoms with E-state index in [9.17, 15) is 14.7 Å². The molecule has 1 fully saturated rings. The van der Waals surface area contributed by atoms with Gasteiger partial charge in [-0.3, -0.25) is 4.79 Å². The number of hydrogen-bond acceptors (Lipinski definition) is 3. The van der Waals surface area contributed by atoms with E-state index in [-0.39, 0.29) is 23.1 Å². The van der Waals surface area contributed by atoms with Crippen LogP contribution < -0.4 is 4.90 Å². The van der Waals surface area contributed by atoms with E-state index in [1.54, 1.807) is 6.08 Å². The smallest absolute Gasteiger partial charge is 0.335 e. The van der Waals surface area contributed by atoms with Crippen molar-refractivity contribution in [1.82, 2.24) is 0 Å². The maximum Gasteiger partial charge on any atom is 0.335 e. The summed E-state index contributed by atoms with van der Waals surface area (Å²) in [5.41, 5.74) is 0.363. The third-order valence-electron chi connectivity index (χ3n) is 2.95. The lowest BCUT2D eigenvalue weighted by Crippen LogP contribution is -2.24. The normalized spacial score (nSPS) is 19.0. The SMILES string of the molecule is C=CC1CC(=O)N(c2cc(O)cc(C(=O)O)c2)C1. The van der Waals surface area contributed by atoms with Gasteiger partial charge in [-0.1, -0.05) is 6.08 Å². The highest BCUT2D eigenvalue weighted by atomic mass is 16.4. The van der Waals surface area contributed by atoms with Crippen molar-refractivity contribution in [2.45, 2.75) is 6.42 Å². The third-order valence-corrected chi connectivity index (χ3v) is 2.95. The number of benzene rings is 1. The van der Waals surface area contributed by atoms with Crippen molar-refractivity contribution in [3.63, 3.8) is 0 Å². The topological polar surface area (TPSA) is 77.8 Å². The van der Waals surface area contributed by atoms with Crippen LogP contribution >= 0.6 is 0 Å². The number of phenols is 1. The average molecular weight is 247 g/mol. The highest BCUT2D eigenvalue weighted by Crippen LogP contribution is 2.29. The molecule has 0 radical (unpaired) electrons. The predicted octanol–water partition coefficient (Wildman–Crippen LogP) is 1.63. The van der Waals surface area contributed by atoms with Crippen LogP contribution in [0, 0.1) is 5.92 Å². The van der Waals surface area contributed by atoms with Gasteiger partial charge in [-0.25, -0.2) is 4.79 Å². The summed E-state index contributed by atoms with van der Waals surface area (Å²) in [5, 5.41) is 18.4. The molecular weight excluding hydrogens is 234 g/mol. The minimum atomic E-state index is -1.14. The summed E-state index contributed by atoms with van der Waals surface area (Å²) in [6, 6.07) is 3.92. The number of carboxylic acids is 1. The first-order valence-electron chi connectivity index (χ1n) is 5.51. The summed E-state index contributed by atoms with van der Waals surface area (Å²) in [6.45, 7) is 4.11. The van der Waals surface area contributed by atoms with Gasteiger partial charge in [-0.2, -0.15) is 0 Å². The molecule has 2 rings (SSSR count). The van der Waals surface area contributed by atoms with E-state index in [1.807, 2.05) is 0 Å². The number of carboxylic acid groups (broad SMARTS) is 1. The van der Waals surface area contributed by atoms with Crippen LogP contribution in [0.3, 0.4) is 0 Å². The molecule has 1 aliphatic rings. The molecule has 5 heteroatoms. The van der Waals surface area contributed by atoms with Crippen molar-refractivity contribution < 1.29 is 19.8 Å². The Balaban J connectivity index is 2.36. The minimum Gasteiger partial charge on any atom is -0.508 e. The molecule has 0 bridgehead atoms. The van der Waals surface area contributed by atoms with Crippen LogP contribution in [0.5, 0.6) is 5.75 Å². The number of rotatable bonds is 3. The molecule has 5 nitrogen and oxygen atoms in total. The Morgan fingerprint density at radius 1 is 1.44 bits per heavy atom.